The Bertz CT molecular complexity index is 1370. The molecule has 0 saturated carbocycles. The zero-order valence-corrected chi connectivity index (χ0v) is 24.0. The molecule has 10 heteroatoms. The lowest BCUT2D eigenvalue weighted by atomic mass is 10.1. The minimum atomic E-state index is -0.654. The van der Waals surface area contributed by atoms with Gasteiger partial charge in [-0.15, -0.1) is 0 Å². The molecule has 37 heavy (non-hydrogen) atoms. The van der Waals surface area contributed by atoms with Gasteiger partial charge in [0, 0.05) is 5.69 Å². The molecule has 4 amide bonds. The van der Waals surface area contributed by atoms with Crippen molar-refractivity contribution in [2.24, 2.45) is 0 Å². The summed E-state index contributed by atoms with van der Waals surface area (Å²) in [6.45, 7) is 1.86. The SMILES string of the molecule is CCc1ccccc1NC(=O)CN1C(=O)N/C(=C/c2cc(I)c(OCc3ccc(F)cc3)c(I)c2)C1=O. The van der Waals surface area contributed by atoms with E-state index in [1.807, 2.05) is 37.3 Å². The van der Waals surface area contributed by atoms with E-state index in [0.29, 0.717) is 17.0 Å². The predicted molar refractivity (Wildman–Crippen MR) is 155 cm³/mol. The third-order valence-corrected chi connectivity index (χ3v) is 7.17. The van der Waals surface area contributed by atoms with Crippen molar-refractivity contribution >= 4 is 74.8 Å². The highest BCUT2D eigenvalue weighted by Gasteiger charge is 2.35. The number of ether oxygens (including phenoxy) is 1. The number of anilines is 1. The molecule has 3 aromatic rings. The van der Waals surface area contributed by atoms with Crippen LogP contribution < -0.4 is 15.4 Å². The monoisotopic (exact) mass is 725 g/mol. The summed E-state index contributed by atoms with van der Waals surface area (Å²) in [5.74, 6) is -0.678. The summed E-state index contributed by atoms with van der Waals surface area (Å²) >= 11 is 4.27. The predicted octanol–water partition coefficient (Wildman–Crippen LogP) is 5.71. The van der Waals surface area contributed by atoms with Crippen molar-refractivity contribution in [3.63, 3.8) is 0 Å². The first-order valence-corrected chi connectivity index (χ1v) is 13.5. The van der Waals surface area contributed by atoms with Crippen LogP contribution in [0.15, 0.2) is 66.4 Å². The Hall–Kier alpha value is -3.00. The van der Waals surface area contributed by atoms with E-state index >= 15 is 0 Å². The Morgan fingerprint density at radius 3 is 2.43 bits per heavy atom. The molecule has 0 radical (unpaired) electrons. The number of hydrogen-bond donors (Lipinski definition) is 2. The van der Waals surface area contributed by atoms with E-state index in [4.69, 9.17) is 4.74 Å². The van der Waals surface area contributed by atoms with Crippen LogP contribution in [0.1, 0.15) is 23.6 Å². The normalized spacial score (nSPS) is 14.2. The standard InChI is InChI=1S/C27H22FI2N3O4/c1-2-18-5-3-4-6-22(18)31-24(34)14-33-26(35)23(32-27(33)36)13-17-11-20(29)25(21(30)12-17)37-15-16-7-9-19(28)10-8-16/h3-13H,2,14-15H2,1H3,(H,31,34)(H,32,36)/b23-13+. The van der Waals surface area contributed by atoms with E-state index in [2.05, 4.69) is 55.8 Å². The number of rotatable bonds is 8. The van der Waals surface area contributed by atoms with Crippen LogP contribution >= 0.6 is 45.2 Å². The van der Waals surface area contributed by atoms with Crippen LogP contribution in [0.4, 0.5) is 14.9 Å². The van der Waals surface area contributed by atoms with Gasteiger partial charge in [0.25, 0.3) is 5.91 Å². The van der Waals surface area contributed by atoms with Crippen LogP contribution in [-0.4, -0.2) is 29.3 Å². The first kappa shape index (κ1) is 27.0. The van der Waals surface area contributed by atoms with Gasteiger partial charge >= 0.3 is 6.03 Å². The zero-order valence-electron chi connectivity index (χ0n) is 19.7. The van der Waals surface area contributed by atoms with Gasteiger partial charge in [-0.25, -0.2) is 14.1 Å². The van der Waals surface area contributed by atoms with E-state index in [9.17, 15) is 18.8 Å². The maximum absolute atomic E-state index is 13.1. The van der Waals surface area contributed by atoms with Gasteiger partial charge in [-0.2, -0.15) is 0 Å². The Balaban J connectivity index is 1.44. The second kappa shape index (κ2) is 12.0. The summed E-state index contributed by atoms with van der Waals surface area (Å²) in [5, 5.41) is 5.33. The van der Waals surface area contributed by atoms with Crippen molar-refractivity contribution in [2.45, 2.75) is 20.0 Å². The van der Waals surface area contributed by atoms with Gasteiger partial charge in [0.05, 0.1) is 7.14 Å². The van der Waals surface area contributed by atoms with Gasteiger partial charge in [0.2, 0.25) is 5.91 Å². The number of benzene rings is 3. The van der Waals surface area contributed by atoms with Gasteiger partial charge in [0.15, 0.2) is 0 Å². The number of urea groups is 1. The number of amides is 4. The van der Waals surface area contributed by atoms with Crippen molar-refractivity contribution in [1.29, 1.82) is 0 Å². The lowest BCUT2D eigenvalue weighted by molar-refractivity contribution is -0.127. The van der Waals surface area contributed by atoms with E-state index < -0.39 is 24.4 Å². The molecule has 2 N–H and O–H groups in total. The summed E-state index contributed by atoms with van der Waals surface area (Å²) in [7, 11) is 0. The Morgan fingerprint density at radius 1 is 1.08 bits per heavy atom. The number of halogens is 3. The summed E-state index contributed by atoms with van der Waals surface area (Å²) in [4.78, 5) is 38.8. The number of hydrogen-bond acceptors (Lipinski definition) is 4. The number of para-hydroxylation sites is 1. The molecule has 0 aromatic heterocycles. The molecule has 1 aliphatic rings. The molecule has 190 valence electrons. The third-order valence-electron chi connectivity index (χ3n) is 5.56. The topological polar surface area (TPSA) is 87.7 Å². The maximum Gasteiger partial charge on any atom is 0.329 e. The molecule has 0 aliphatic carbocycles. The van der Waals surface area contributed by atoms with Crippen LogP contribution in [0.25, 0.3) is 6.08 Å². The summed E-state index contributed by atoms with van der Waals surface area (Å²) < 4.78 is 20.7. The third kappa shape index (κ3) is 6.66. The van der Waals surface area contributed by atoms with Crippen LogP contribution in [-0.2, 0) is 22.6 Å². The Morgan fingerprint density at radius 2 is 1.76 bits per heavy atom. The molecule has 1 heterocycles. The Kier molecular flexibility index (Phi) is 8.79. The molecule has 1 saturated heterocycles. The molecule has 1 aliphatic heterocycles. The highest BCUT2D eigenvalue weighted by atomic mass is 127. The molecule has 1 fully saturated rings. The van der Waals surface area contributed by atoms with Crippen molar-refractivity contribution in [3.8, 4) is 5.75 Å². The fourth-order valence-corrected chi connectivity index (χ4v) is 5.83. The van der Waals surface area contributed by atoms with Crippen molar-refractivity contribution < 1.29 is 23.5 Å². The fraction of sp³-hybridized carbons (Fsp3) is 0.148. The average Bonchev–Trinajstić information content (AvgIpc) is 3.12. The molecule has 0 bridgehead atoms. The first-order valence-electron chi connectivity index (χ1n) is 11.3. The van der Waals surface area contributed by atoms with Crippen molar-refractivity contribution in [1.82, 2.24) is 10.2 Å². The largest absolute Gasteiger partial charge is 0.487 e. The quantitative estimate of drug-likeness (QED) is 0.177. The fourth-order valence-electron chi connectivity index (χ4n) is 3.70. The lowest BCUT2D eigenvalue weighted by Crippen LogP contribution is -2.38. The van der Waals surface area contributed by atoms with Gasteiger partial charge in [0.1, 0.15) is 30.4 Å². The van der Waals surface area contributed by atoms with E-state index in [-0.39, 0.29) is 18.1 Å². The average molecular weight is 725 g/mol. The number of aryl methyl sites for hydroxylation is 1. The maximum atomic E-state index is 13.1. The minimum Gasteiger partial charge on any atom is -0.487 e. The second-order valence-electron chi connectivity index (χ2n) is 8.17. The van der Waals surface area contributed by atoms with Crippen LogP contribution in [0.3, 0.4) is 0 Å². The number of carbonyl (C=O) groups excluding carboxylic acids is 3. The molecular formula is C27H22FI2N3O4. The van der Waals surface area contributed by atoms with Gasteiger partial charge in [-0.05, 0) is 105 Å². The number of carbonyl (C=O) groups is 3. The highest BCUT2D eigenvalue weighted by molar-refractivity contribution is 14.1. The molecule has 3 aromatic carbocycles. The van der Waals surface area contributed by atoms with Gasteiger partial charge < -0.3 is 15.4 Å². The molecule has 0 spiro atoms. The molecular weight excluding hydrogens is 703 g/mol. The summed E-state index contributed by atoms with van der Waals surface area (Å²) in [6, 6.07) is 16.5. The van der Waals surface area contributed by atoms with E-state index in [1.165, 1.54) is 12.1 Å². The highest BCUT2D eigenvalue weighted by Crippen LogP contribution is 2.31. The van der Waals surface area contributed by atoms with Crippen LogP contribution in [0, 0.1) is 13.0 Å². The van der Waals surface area contributed by atoms with Crippen molar-refractivity contribution in [3.05, 3.63) is 96.0 Å². The lowest BCUT2D eigenvalue weighted by Gasteiger charge is -2.13. The minimum absolute atomic E-state index is 0.0818. The summed E-state index contributed by atoms with van der Waals surface area (Å²) in [5.41, 5.74) is 3.22. The Labute approximate surface area is 240 Å². The first-order chi connectivity index (χ1) is 17.7. The van der Waals surface area contributed by atoms with Crippen LogP contribution in [0.5, 0.6) is 5.75 Å². The van der Waals surface area contributed by atoms with Gasteiger partial charge in [-0.3, -0.25) is 9.59 Å². The van der Waals surface area contributed by atoms with Gasteiger partial charge in [-0.1, -0.05) is 37.3 Å². The molecule has 7 nitrogen and oxygen atoms in total. The second-order valence-corrected chi connectivity index (χ2v) is 10.5. The molecule has 0 unspecified atom stereocenters. The number of nitrogens with zero attached hydrogens (tertiary/aromatic N) is 1. The van der Waals surface area contributed by atoms with Crippen molar-refractivity contribution in [2.75, 3.05) is 11.9 Å². The van der Waals surface area contributed by atoms with Crippen LogP contribution in [0.2, 0.25) is 0 Å². The summed E-state index contributed by atoms with van der Waals surface area (Å²) in [6.07, 6.45) is 2.30. The van der Waals surface area contributed by atoms with E-state index in [0.717, 1.165) is 29.6 Å². The van der Waals surface area contributed by atoms with E-state index in [1.54, 1.807) is 24.3 Å². The zero-order chi connectivity index (χ0) is 26.5. The molecule has 4 rings (SSSR count). The smallest absolute Gasteiger partial charge is 0.329 e. The molecule has 0 atom stereocenters. The number of nitrogens with one attached hydrogen (secondary N) is 2. The number of imide groups is 1.